The summed E-state index contributed by atoms with van der Waals surface area (Å²) in [5.41, 5.74) is 2.45. The summed E-state index contributed by atoms with van der Waals surface area (Å²) in [5.74, 6) is -0.422. The number of carbonyl (C=O) groups excluding carboxylic acids is 1. The molecule has 0 aromatic heterocycles. The van der Waals surface area contributed by atoms with Crippen LogP contribution in [-0.4, -0.2) is 27.1 Å². The van der Waals surface area contributed by atoms with E-state index in [1.54, 1.807) is 0 Å². The number of nitrogens with one attached hydrogen (secondary N) is 1. The lowest BCUT2D eigenvalue weighted by Crippen LogP contribution is -2.41. The van der Waals surface area contributed by atoms with Gasteiger partial charge in [0.05, 0.1) is 28.0 Å². The normalized spacial score (nSPS) is 13.1. The van der Waals surface area contributed by atoms with E-state index >= 15 is 0 Å². The molecule has 0 fully saturated rings. The van der Waals surface area contributed by atoms with Gasteiger partial charge in [-0.05, 0) is 41.7 Å². The van der Waals surface area contributed by atoms with Gasteiger partial charge in [-0.15, -0.1) is 0 Å². The summed E-state index contributed by atoms with van der Waals surface area (Å²) in [7, 11) is -3.69. The van der Waals surface area contributed by atoms with Gasteiger partial charge in [-0.25, -0.2) is 8.42 Å². The highest BCUT2D eigenvalue weighted by molar-refractivity contribution is 7.92. The molecule has 8 heteroatoms. The smallest absolute Gasteiger partial charge is 0.241 e. The number of nitrogens with zero attached hydrogens (tertiary/aromatic N) is 1. The lowest BCUT2D eigenvalue weighted by Gasteiger charge is -2.24. The number of benzene rings is 2. The number of anilines is 1. The van der Waals surface area contributed by atoms with E-state index in [1.807, 2.05) is 31.2 Å². The monoisotopic (exact) mass is 456 g/mol. The molecule has 0 aliphatic carbocycles. The first-order chi connectivity index (χ1) is 13.3. The van der Waals surface area contributed by atoms with E-state index in [0.29, 0.717) is 5.02 Å². The molecule has 0 aliphatic rings. The van der Waals surface area contributed by atoms with Crippen LogP contribution in [0.2, 0.25) is 10.0 Å². The Labute approximate surface area is 183 Å². The maximum atomic E-state index is 12.6. The lowest BCUT2D eigenvalue weighted by molar-refractivity contribution is -0.120. The fraction of sp³-hybridized carbons (Fsp3) is 0.381. The van der Waals surface area contributed by atoms with Crippen molar-refractivity contribution < 1.29 is 13.2 Å². The fourth-order valence-corrected chi connectivity index (χ4v) is 3.95. The van der Waals surface area contributed by atoms with Crippen LogP contribution in [0.1, 0.15) is 44.9 Å². The standard InChI is InChI=1S/C21H26Cl2N2O3S/c1-14(15-6-8-16(9-7-15)21(2,3)4)24-20(26)13-25(29(5,27)28)17-10-11-18(22)19(23)12-17/h6-12,14H,13H2,1-5H3,(H,24,26)/t14-/m0/s1. The van der Waals surface area contributed by atoms with Crippen molar-refractivity contribution >= 4 is 44.8 Å². The molecule has 158 valence electrons. The van der Waals surface area contributed by atoms with Crippen LogP contribution in [0.25, 0.3) is 0 Å². The van der Waals surface area contributed by atoms with Crippen molar-refractivity contribution in [2.45, 2.75) is 39.2 Å². The van der Waals surface area contributed by atoms with Crippen LogP contribution in [0.3, 0.4) is 0 Å². The van der Waals surface area contributed by atoms with Gasteiger partial charge in [0.25, 0.3) is 0 Å². The van der Waals surface area contributed by atoms with Crippen molar-refractivity contribution in [3.8, 4) is 0 Å². The Balaban J connectivity index is 2.14. The van der Waals surface area contributed by atoms with E-state index < -0.39 is 15.9 Å². The first kappa shape index (κ1) is 23.5. The summed E-state index contributed by atoms with van der Waals surface area (Å²) in [6.07, 6.45) is 1.04. The maximum Gasteiger partial charge on any atom is 0.241 e. The van der Waals surface area contributed by atoms with Gasteiger partial charge in [0.15, 0.2) is 0 Å². The Morgan fingerprint density at radius 2 is 1.66 bits per heavy atom. The Morgan fingerprint density at radius 3 is 2.14 bits per heavy atom. The summed E-state index contributed by atoms with van der Waals surface area (Å²) in [6.45, 7) is 7.90. The molecule has 5 nitrogen and oxygen atoms in total. The number of amides is 1. The second-order valence-corrected chi connectivity index (χ2v) is 10.8. The van der Waals surface area contributed by atoms with E-state index in [0.717, 1.165) is 16.1 Å². The summed E-state index contributed by atoms with van der Waals surface area (Å²) in [5, 5.41) is 3.37. The summed E-state index contributed by atoms with van der Waals surface area (Å²) >= 11 is 11.9. The zero-order valence-corrected chi connectivity index (χ0v) is 19.5. The summed E-state index contributed by atoms with van der Waals surface area (Å²) < 4.78 is 25.4. The summed E-state index contributed by atoms with van der Waals surface area (Å²) in [4.78, 5) is 12.6. The molecule has 0 bridgehead atoms. The average Bonchev–Trinajstić information content (AvgIpc) is 2.60. The van der Waals surface area contributed by atoms with Crippen LogP contribution < -0.4 is 9.62 Å². The molecular formula is C21H26Cl2N2O3S. The third-order valence-electron chi connectivity index (χ3n) is 4.53. The molecule has 29 heavy (non-hydrogen) atoms. The highest BCUT2D eigenvalue weighted by atomic mass is 35.5. The molecular weight excluding hydrogens is 431 g/mol. The molecule has 0 heterocycles. The third-order valence-corrected chi connectivity index (χ3v) is 6.41. The first-order valence-electron chi connectivity index (χ1n) is 9.11. The van der Waals surface area contributed by atoms with Crippen LogP contribution in [0, 0.1) is 0 Å². The number of hydrogen-bond acceptors (Lipinski definition) is 3. The lowest BCUT2D eigenvalue weighted by atomic mass is 9.86. The topological polar surface area (TPSA) is 66.5 Å². The van der Waals surface area contributed by atoms with E-state index in [2.05, 4.69) is 26.1 Å². The van der Waals surface area contributed by atoms with Gasteiger partial charge in [0.1, 0.15) is 6.54 Å². The van der Waals surface area contributed by atoms with Crippen LogP contribution >= 0.6 is 23.2 Å². The first-order valence-corrected chi connectivity index (χ1v) is 11.7. The molecule has 2 rings (SSSR count). The minimum atomic E-state index is -3.69. The average molecular weight is 457 g/mol. The number of sulfonamides is 1. The quantitative estimate of drug-likeness (QED) is 0.669. The third kappa shape index (κ3) is 6.36. The predicted molar refractivity (Wildman–Crippen MR) is 120 cm³/mol. The van der Waals surface area contributed by atoms with Crippen molar-refractivity contribution in [3.05, 3.63) is 63.6 Å². The maximum absolute atomic E-state index is 12.6. The SMILES string of the molecule is C[C@H](NC(=O)CN(c1ccc(Cl)c(Cl)c1)S(C)(=O)=O)c1ccc(C(C)(C)C)cc1. The van der Waals surface area contributed by atoms with Crippen LogP contribution in [0.15, 0.2) is 42.5 Å². The van der Waals surface area contributed by atoms with Crippen molar-refractivity contribution in [3.63, 3.8) is 0 Å². The van der Waals surface area contributed by atoms with Crippen molar-refractivity contribution in [2.24, 2.45) is 0 Å². The van der Waals surface area contributed by atoms with Crippen LogP contribution in [-0.2, 0) is 20.2 Å². The second-order valence-electron chi connectivity index (χ2n) is 8.03. The van der Waals surface area contributed by atoms with Gasteiger partial charge < -0.3 is 5.32 Å². The van der Waals surface area contributed by atoms with Gasteiger partial charge in [-0.1, -0.05) is 68.2 Å². The molecule has 2 aromatic carbocycles. The van der Waals surface area contributed by atoms with Gasteiger partial charge >= 0.3 is 0 Å². The minimum absolute atomic E-state index is 0.0425. The second kappa shape index (κ2) is 8.94. The molecule has 0 saturated heterocycles. The van der Waals surface area contributed by atoms with Crippen molar-refractivity contribution in [1.82, 2.24) is 5.32 Å². The fourth-order valence-electron chi connectivity index (χ4n) is 2.81. The highest BCUT2D eigenvalue weighted by Gasteiger charge is 2.23. The molecule has 0 unspecified atom stereocenters. The van der Waals surface area contributed by atoms with Gasteiger partial charge in [-0.2, -0.15) is 0 Å². The molecule has 1 N–H and O–H groups in total. The summed E-state index contributed by atoms with van der Waals surface area (Å²) in [6, 6.07) is 12.2. The Kier molecular flexibility index (Phi) is 7.25. The zero-order chi connectivity index (χ0) is 22.0. The molecule has 0 radical (unpaired) electrons. The Hall–Kier alpha value is -1.76. The van der Waals surface area contributed by atoms with Gasteiger partial charge in [-0.3, -0.25) is 9.10 Å². The molecule has 1 amide bonds. The highest BCUT2D eigenvalue weighted by Crippen LogP contribution is 2.28. The van der Waals surface area contributed by atoms with E-state index in [1.165, 1.54) is 23.8 Å². The predicted octanol–water partition coefficient (Wildman–Crippen LogP) is 4.93. The zero-order valence-electron chi connectivity index (χ0n) is 17.2. The number of rotatable bonds is 6. The van der Waals surface area contributed by atoms with E-state index in [-0.39, 0.29) is 28.7 Å². The largest absolute Gasteiger partial charge is 0.348 e. The van der Waals surface area contributed by atoms with Crippen LogP contribution in [0.5, 0.6) is 0 Å². The molecule has 0 spiro atoms. The van der Waals surface area contributed by atoms with Gasteiger partial charge in [0.2, 0.25) is 15.9 Å². The Morgan fingerprint density at radius 1 is 1.07 bits per heavy atom. The Bertz CT molecular complexity index is 984. The minimum Gasteiger partial charge on any atom is -0.348 e. The number of carbonyl (C=O) groups is 1. The van der Waals surface area contributed by atoms with E-state index in [9.17, 15) is 13.2 Å². The molecule has 1 atom stereocenters. The van der Waals surface area contributed by atoms with E-state index in [4.69, 9.17) is 23.2 Å². The molecule has 0 saturated carbocycles. The van der Waals surface area contributed by atoms with Crippen molar-refractivity contribution in [1.29, 1.82) is 0 Å². The number of hydrogen-bond donors (Lipinski definition) is 1. The van der Waals surface area contributed by atoms with Crippen LogP contribution in [0.4, 0.5) is 5.69 Å². The molecule has 2 aromatic rings. The molecule has 0 aliphatic heterocycles. The van der Waals surface area contributed by atoms with Crippen molar-refractivity contribution in [2.75, 3.05) is 17.1 Å². The van der Waals surface area contributed by atoms with Gasteiger partial charge in [0, 0.05) is 0 Å². The number of halogens is 2.